The molecule has 4 aromatic rings. The maximum atomic E-state index is 13.6. The van der Waals surface area contributed by atoms with E-state index in [2.05, 4.69) is 20.3 Å². The summed E-state index contributed by atoms with van der Waals surface area (Å²) in [4.78, 5) is 32.9. The first-order valence-electron chi connectivity index (χ1n) is 13.7. The number of benzene rings is 2. The van der Waals surface area contributed by atoms with Crippen molar-refractivity contribution in [2.45, 2.75) is 50.9 Å². The van der Waals surface area contributed by atoms with Crippen molar-refractivity contribution in [3.8, 4) is 10.9 Å². The molecule has 2 amide bonds. The molecule has 220 valence electrons. The third kappa shape index (κ3) is 5.71. The van der Waals surface area contributed by atoms with Gasteiger partial charge in [-0.25, -0.2) is 9.78 Å². The fraction of sp³-hybridized carbons (Fsp3) is 0.379. The molecule has 4 heterocycles. The zero-order valence-corrected chi connectivity index (χ0v) is 23.7. The predicted molar refractivity (Wildman–Crippen MR) is 152 cm³/mol. The zero-order chi connectivity index (χ0) is 29.5. The fourth-order valence-electron chi connectivity index (χ4n) is 5.89. The molecule has 0 bridgehead atoms. The summed E-state index contributed by atoms with van der Waals surface area (Å²) in [6.45, 7) is 3.64. The summed E-state index contributed by atoms with van der Waals surface area (Å²) in [6.07, 6.45) is 0.383. The molecule has 0 unspecified atom stereocenters. The van der Waals surface area contributed by atoms with Gasteiger partial charge in [-0.2, -0.15) is 17.9 Å². The molecule has 2 aromatic heterocycles. The van der Waals surface area contributed by atoms with Gasteiger partial charge in [-0.1, -0.05) is 29.5 Å². The van der Waals surface area contributed by atoms with Gasteiger partial charge in [0.25, 0.3) is 5.19 Å². The Labute approximate surface area is 243 Å². The molecule has 2 aliphatic heterocycles. The van der Waals surface area contributed by atoms with E-state index >= 15 is 0 Å². The van der Waals surface area contributed by atoms with E-state index in [0.29, 0.717) is 36.2 Å². The Morgan fingerprint density at radius 2 is 1.86 bits per heavy atom. The van der Waals surface area contributed by atoms with E-state index in [0.717, 1.165) is 54.6 Å². The Morgan fingerprint density at radius 1 is 1.07 bits per heavy atom. The molecule has 2 aromatic carbocycles. The maximum Gasteiger partial charge on any atom is 0.416 e. The number of ether oxygens (including phenoxy) is 1. The van der Waals surface area contributed by atoms with Crippen LogP contribution in [0.1, 0.15) is 43.7 Å². The average molecular weight is 599 g/mol. The SMILES string of the molecule is CC(=O)Nc1ccn(C(=O)N2CCC3(CCCN3Cc3ccc(C(F)(F)F)cc3Oc3nc4ccccc4s3)CC2)n1. The van der Waals surface area contributed by atoms with Crippen molar-refractivity contribution in [1.82, 2.24) is 24.6 Å². The van der Waals surface area contributed by atoms with E-state index in [1.165, 1.54) is 35.2 Å². The van der Waals surface area contributed by atoms with Crippen molar-refractivity contribution in [2.75, 3.05) is 25.0 Å². The largest absolute Gasteiger partial charge is 0.431 e. The first-order chi connectivity index (χ1) is 20.1. The molecule has 0 atom stereocenters. The van der Waals surface area contributed by atoms with Crippen LogP contribution in [0.3, 0.4) is 0 Å². The number of nitrogens with one attached hydrogen (secondary N) is 1. The number of rotatable bonds is 5. The van der Waals surface area contributed by atoms with Gasteiger partial charge in [-0.05, 0) is 56.5 Å². The second-order valence-electron chi connectivity index (χ2n) is 10.7. The highest BCUT2D eigenvalue weighted by Crippen LogP contribution is 2.42. The summed E-state index contributed by atoms with van der Waals surface area (Å²) in [5, 5.41) is 7.01. The third-order valence-electron chi connectivity index (χ3n) is 8.02. The Hall–Kier alpha value is -3.97. The second-order valence-corrected chi connectivity index (χ2v) is 11.7. The standard InChI is InChI=1S/C29H29F3N6O3S/c1-19(39)33-25-9-14-38(35-25)27(40)36-15-11-28(12-16-36)10-4-13-37(28)18-20-7-8-21(29(30,31)32)17-23(20)41-26-34-22-5-2-3-6-24(22)42-26/h2-3,5-9,14,17H,4,10-13,15-16,18H2,1H3,(H,33,35,39). The van der Waals surface area contributed by atoms with Crippen LogP contribution >= 0.6 is 11.3 Å². The number of halogens is 3. The minimum atomic E-state index is -4.50. The number of carbonyl (C=O) groups excluding carboxylic acids is 2. The summed E-state index contributed by atoms with van der Waals surface area (Å²) in [7, 11) is 0. The van der Waals surface area contributed by atoms with E-state index in [9.17, 15) is 22.8 Å². The second kappa shape index (κ2) is 11.0. The molecule has 6 rings (SSSR count). The summed E-state index contributed by atoms with van der Waals surface area (Å²) in [5.41, 5.74) is 0.444. The highest BCUT2D eigenvalue weighted by atomic mass is 32.1. The molecule has 0 aliphatic carbocycles. The van der Waals surface area contributed by atoms with E-state index in [4.69, 9.17) is 4.74 Å². The van der Waals surface area contributed by atoms with Gasteiger partial charge in [-0.15, -0.1) is 5.10 Å². The summed E-state index contributed by atoms with van der Waals surface area (Å²) in [5.74, 6) is 0.189. The number of alkyl halides is 3. The average Bonchev–Trinajstić information content (AvgIpc) is 3.68. The highest BCUT2D eigenvalue weighted by molar-refractivity contribution is 7.20. The zero-order valence-electron chi connectivity index (χ0n) is 22.9. The minimum Gasteiger partial charge on any atom is -0.431 e. The number of nitrogens with zero attached hydrogens (tertiary/aromatic N) is 5. The number of anilines is 1. The molecule has 0 saturated carbocycles. The van der Waals surface area contributed by atoms with Crippen molar-refractivity contribution in [1.29, 1.82) is 0 Å². The maximum absolute atomic E-state index is 13.6. The van der Waals surface area contributed by atoms with Crippen LogP contribution in [-0.4, -0.2) is 61.7 Å². The lowest BCUT2D eigenvalue weighted by atomic mass is 9.84. The first kappa shape index (κ1) is 28.2. The predicted octanol–water partition coefficient (Wildman–Crippen LogP) is 6.36. The number of likely N-dealkylation sites (tertiary alicyclic amines) is 2. The van der Waals surface area contributed by atoms with Crippen LogP contribution in [0.5, 0.6) is 10.9 Å². The molecule has 2 saturated heterocycles. The van der Waals surface area contributed by atoms with Crippen LogP contribution in [0, 0.1) is 0 Å². The van der Waals surface area contributed by atoms with E-state index in [-0.39, 0.29) is 23.2 Å². The summed E-state index contributed by atoms with van der Waals surface area (Å²) in [6, 6.07) is 12.4. The highest BCUT2D eigenvalue weighted by Gasteiger charge is 2.44. The van der Waals surface area contributed by atoms with Gasteiger partial charge >= 0.3 is 12.2 Å². The number of thiazole rings is 1. The van der Waals surface area contributed by atoms with Gasteiger partial charge in [-0.3, -0.25) is 9.69 Å². The molecule has 13 heteroatoms. The van der Waals surface area contributed by atoms with Crippen LogP contribution in [-0.2, 0) is 17.5 Å². The molecule has 2 fully saturated rings. The van der Waals surface area contributed by atoms with Crippen LogP contribution in [0.4, 0.5) is 23.8 Å². The monoisotopic (exact) mass is 598 g/mol. The molecule has 0 radical (unpaired) electrons. The number of amides is 2. The van der Waals surface area contributed by atoms with Crippen LogP contribution < -0.4 is 10.1 Å². The van der Waals surface area contributed by atoms with Gasteiger partial charge in [0.05, 0.1) is 15.8 Å². The number of aromatic nitrogens is 3. The smallest absolute Gasteiger partial charge is 0.416 e. The number of hydrogen-bond acceptors (Lipinski definition) is 7. The van der Waals surface area contributed by atoms with Crippen LogP contribution in [0.15, 0.2) is 54.7 Å². The molecule has 2 aliphatic rings. The lowest BCUT2D eigenvalue weighted by molar-refractivity contribution is -0.137. The van der Waals surface area contributed by atoms with Crippen LogP contribution in [0.25, 0.3) is 10.2 Å². The Morgan fingerprint density at radius 3 is 2.60 bits per heavy atom. The molecular formula is C29H29F3N6O3S. The lowest BCUT2D eigenvalue weighted by Gasteiger charge is -2.45. The van der Waals surface area contributed by atoms with E-state index in [1.54, 1.807) is 11.0 Å². The number of carbonyl (C=O) groups is 2. The summed E-state index contributed by atoms with van der Waals surface area (Å²) >= 11 is 1.29. The Balaban J connectivity index is 1.19. The Kier molecular flexibility index (Phi) is 7.39. The molecular weight excluding hydrogens is 569 g/mol. The quantitative estimate of drug-likeness (QED) is 0.287. The molecule has 1 spiro atoms. The number of piperidine rings is 1. The molecule has 1 N–H and O–H groups in total. The molecule has 9 nitrogen and oxygen atoms in total. The number of hydrogen-bond donors (Lipinski definition) is 1. The Bertz CT molecular complexity index is 1590. The van der Waals surface area contributed by atoms with Gasteiger partial charge in [0.2, 0.25) is 5.91 Å². The minimum absolute atomic E-state index is 0.146. The van der Waals surface area contributed by atoms with Crippen LogP contribution in [0.2, 0.25) is 0 Å². The third-order valence-corrected chi connectivity index (χ3v) is 8.94. The van der Waals surface area contributed by atoms with Crippen molar-refractivity contribution in [3.05, 3.63) is 65.9 Å². The summed E-state index contributed by atoms with van der Waals surface area (Å²) < 4.78 is 49.1. The van der Waals surface area contributed by atoms with Crippen molar-refractivity contribution in [2.24, 2.45) is 0 Å². The normalized spacial score (nSPS) is 17.2. The topological polar surface area (TPSA) is 92.6 Å². The number of fused-ring (bicyclic) bond motifs is 1. The molecule has 42 heavy (non-hydrogen) atoms. The fourth-order valence-corrected chi connectivity index (χ4v) is 6.72. The van der Waals surface area contributed by atoms with E-state index < -0.39 is 11.7 Å². The van der Waals surface area contributed by atoms with Gasteiger partial charge in [0, 0.05) is 49.9 Å². The number of para-hydroxylation sites is 1. The first-order valence-corrected chi connectivity index (χ1v) is 14.5. The lowest BCUT2D eigenvalue weighted by Crippen LogP contribution is -2.53. The van der Waals surface area contributed by atoms with Crippen molar-refractivity contribution < 1.29 is 27.5 Å². The van der Waals surface area contributed by atoms with Crippen molar-refractivity contribution in [3.63, 3.8) is 0 Å². The van der Waals surface area contributed by atoms with Gasteiger partial charge in [0.15, 0.2) is 5.82 Å². The van der Waals surface area contributed by atoms with Crippen molar-refractivity contribution >= 4 is 39.3 Å². The van der Waals surface area contributed by atoms with Gasteiger partial charge in [0.1, 0.15) is 5.75 Å². The van der Waals surface area contributed by atoms with E-state index in [1.807, 2.05) is 24.3 Å². The van der Waals surface area contributed by atoms with Gasteiger partial charge < -0.3 is 15.0 Å².